The molecule has 0 aromatic heterocycles. The van der Waals surface area contributed by atoms with Gasteiger partial charge in [0.25, 0.3) is 0 Å². The summed E-state index contributed by atoms with van der Waals surface area (Å²) in [6.45, 7) is 0. The van der Waals surface area contributed by atoms with Crippen molar-refractivity contribution in [3.63, 3.8) is 0 Å². The van der Waals surface area contributed by atoms with Gasteiger partial charge in [-0.05, 0) is 32.1 Å². The molecule has 2 heteroatoms. The summed E-state index contributed by atoms with van der Waals surface area (Å²) in [5, 5.41) is 3.48. The van der Waals surface area contributed by atoms with Gasteiger partial charge in [0.1, 0.15) is 0 Å². The van der Waals surface area contributed by atoms with Gasteiger partial charge in [0.2, 0.25) is 0 Å². The lowest BCUT2D eigenvalue weighted by molar-refractivity contribution is 0.359. The molecule has 0 heterocycles. The monoisotopic (exact) mass is 201 g/mol. The molecule has 1 aliphatic carbocycles. The second kappa shape index (κ2) is 6.72. The molecule has 1 rings (SSSR count). The predicted octanol–water partition coefficient (Wildman–Crippen LogP) is 2.91. The van der Waals surface area contributed by atoms with Crippen LogP contribution < -0.4 is 5.32 Å². The third-order valence-corrected chi connectivity index (χ3v) is 3.88. The Balaban J connectivity index is 2.35. The molecule has 1 nitrogen and oxygen atoms in total. The fourth-order valence-electron chi connectivity index (χ4n) is 2.35. The van der Waals surface area contributed by atoms with Gasteiger partial charge in [-0.25, -0.2) is 0 Å². The topological polar surface area (TPSA) is 12.0 Å². The van der Waals surface area contributed by atoms with Crippen LogP contribution in [0.25, 0.3) is 0 Å². The standard InChI is InChI=1S/C11H23NS/c1-12-11(9-13-2)10-7-5-3-4-6-8-10/h10-12H,3-9H2,1-2H3. The second-order valence-electron chi connectivity index (χ2n) is 4.10. The van der Waals surface area contributed by atoms with E-state index in [1.807, 2.05) is 11.8 Å². The Kier molecular flexibility index (Phi) is 5.88. The van der Waals surface area contributed by atoms with Crippen molar-refractivity contribution in [3.05, 3.63) is 0 Å². The zero-order chi connectivity index (χ0) is 9.52. The van der Waals surface area contributed by atoms with Crippen LogP contribution in [0.1, 0.15) is 38.5 Å². The highest BCUT2D eigenvalue weighted by atomic mass is 32.2. The number of nitrogens with one attached hydrogen (secondary N) is 1. The van der Waals surface area contributed by atoms with Crippen molar-refractivity contribution in [2.24, 2.45) is 5.92 Å². The molecule has 1 unspecified atom stereocenters. The molecule has 0 amide bonds. The molecule has 0 spiro atoms. The molecule has 0 aliphatic heterocycles. The van der Waals surface area contributed by atoms with Gasteiger partial charge in [-0.1, -0.05) is 25.7 Å². The summed E-state index contributed by atoms with van der Waals surface area (Å²) in [4.78, 5) is 0. The molecule has 1 fully saturated rings. The second-order valence-corrected chi connectivity index (χ2v) is 5.01. The largest absolute Gasteiger partial charge is 0.316 e. The first kappa shape index (κ1) is 11.4. The van der Waals surface area contributed by atoms with Crippen LogP contribution >= 0.6 is 11.8 Å². The molecule has 78 valence electrons. The lowest BCUT2D eigenvalue weighted by Gasteiger charge is -2.24. The lowest BCUT2D eigenvalue weighted by atomic mass is 9.93. The molecule has 0 bridgehead atoms. The average molecular weight is 201 g/mol. The minimum Gasteiger partial charge on any atom is -0.316 e. The van der Waals surface area contributed by atoms with Crippen molar-refractivity contribution in [1.82, 2.24) is 5.32 Å². The Morgan fingerprint density at radius 1 is 1.23 bits per heavy atom. The van der Waals surface area contributed by atoms with E-state index < -0.39 is 0 Å². The minimum absolute atomic E-state index is 0.758. The molecule has 1 saturated carbocycles. The van der Waals surface area contributed by atoms with Crippen molar-refractivity contribution in [2.45, 2.75) is 44.6 Å². The maximum Gasteiger partial charge on any atom is 0.0183 e. The van der Waals surface area contributed by atoms with E-state index in [0.717, 1.165) is 12.0 Å². The lowest BCUT2D eigenvalue weighted by Crippen LogP contribution is -2.35. The van der Waals surface area contributed by atoms with Gasteiger partial charge in [0.05, 0.1) is 0 Å². The molecule has 0 aromatic rings. The van der Waals surface area contributed by atoms with Crippen LogP contribution in [0, 0.1) is 5.92 Å². The summed E-state index contributed by atoms with van der Waals surface area (Å²) in [5.74, 6) is 2.22. The van der Waals surface area contributed by atoms with E-state index in [1.165, 1.54) is 44.3 Å². The maximum absolute atomic E-state index is 3.48. The first-order chi connectivity index (χ1) is 6.38. The zero-order valence-corrected chi connectivity index (χ0v) is 9.83. The summed E-state index contributed by atoms with van der Waals surface area (Å²) < 4.78 is 0. The molecule has 13 heavy (non-hydrogen) atoms. The van der Waals surface area contributed by atoms with Crippen LogP contribution in [0.4, 0.5) is 0 Å². The summed E-state index contributed by atoms with van der Waals surface area (Å²) in [5.41, 5.74) is 0. The van der Waals surface area contributed by atoms with E-state index in [4.69, 9.17) is 0 Å². The van der Waals surface area contributed by atoms with E-state index in [2.05, 4.69) is 18.6 Å². The number of hydrogen-bond acceptors (Lipinski definition) is 2. The average Bonchev–Trinajstić information content (AvgIpc) is 2.42. The van der Waals surface area contributed by atoms with Crippen molar-refractivity contribution in [1.29, 1.82) is 0 Å². The van der Waals surface area contributed by atoms with E-state index in [-0.39, 0.29) is 0 Å². The van der Waals surface area contributed by atoms with Crippen molar-refractivity contribution >= 4 is 11.8 Å². The van der Waals surface area contributed by atoms with Crippen LogP contribution in [0.15, 0.2) is 0 Å². The summed E-state index contributed by atoms with van der Waals surface area (Å²) in [7, 11) is 2.12. The Labute approximate surface area is 87.1 Å². The highest BCUT2D eigenvalue weighted by molar-refractivity contribution is 7.98. The Bertz CT molecular complexity index is 119. The molecule has 1 atom stereocenters. The van der Waals surface area contributed by atoms with Crippen LogP contribution in [-0.4, -0.2) is 25.1 Å². The van der Waals surface area contributed by atoms with E-state index in [1.54, 1.807) is 0 Å². The SMILES string of the molecule is CNC(CSC)C1CCCCCC1. The first-order valence-electron chi connectivity index (χ1n) is 5.54. The quantitative estimate of drug-likeness (QED) is 0.702. The Hall–Kier alpha value is 0.310. The predicted molar refractivity (Wildman–Crippen MR) is 62.4 cm³/mol. The van der Waals surface area contributed by atoms with Gasteiger partial charge in [-0.2, -0.15) is 11.8 Å². The highest BCUT2D eigenvalue weighted by Crippen LogP contribution is 2.26. The third kappa shape index (κ3) is 3.90. The Morgan fingerprint density at radius 3 is 2.31 bits per heavy atom. The van der Waals surface area contributed by atoms with Crippen LogP contribution in [-0.2, 0) is 0 Å². The molecule has 0 aromatic carbocycles. The van der Waals surface area contributed by atoms with E-state index >= 15 is 0 Å². The van der Waals surface area contributed by atoms with Gasteiger partial charge in [0, 0.05) is 11.8 Å². The molecular weight excluding hydrogens is 178 g/mol. The maximum atomic E-state index is 3.48. The first-order valence-corrected chi connectivity index (χ1v) is 6.94. The number of thioether (sulfide) groups is 1. The molecule has 1 N–H and O–H groups in total. The highest BCUT2D eigenvalue weighted by Gasteiger charge is 2.20. The van der Waals surface area contributed by atoms with E-state index in [9.17, 15) is 0 Å². The molecular formula is C11H23NS. The van der Waals surface area contributed by atoms with Gasteiger partial charge >= 0.3 is 0 Å². The van der Waals surface area contributed by atoms with Crippen molar-refractivity contribution in [2.75, 3.05) is 19.1 Å². The number of rotatable bonds is 4. The zero-order valence-electron chi connectivity index (χ0n) is 9.01. The van der Waals surface area contributed by atoms with Crippen molar-refractivity contribution in [3.8, 4) is 0 Å². The van der Waals surface area contributed by atoms with Crippen LogP contribution in [0.5, 0.6) is 0 Å². The van der Waals surface area contributed by atoms with Gasteiger partial charge in [0.15, 0.2) is 0 Å². The fourth-order valence-corrected chi connectivity index (χ4v) is 3.15. The summed E-state index contributed by atoms with van der Waals surface area (Å²) in [6, 6.07) is 0.758. The number of hydrogen-bond donors (Lipinski definition) is 1. The normalized spacial score (nSPS) is 22.6. The van der Waals surface area contributed by atoms with Gasteiger partial charge in [-0.15, -0.1) is 0 Å². The summed E-state index contributed by atoms with van der Waals surface area (Å²) in [6.07, 6.45) is 11.0. The van der Waals surface area contributed by atoms with E-state index in [0.29, 0.717) is 0 Å². The molecule has 0 radical (unpaired) electrons. The fraction of sp³-hybridized carbons (Fsp3) is 1.00. The van der Waals surface area contributed by atoms with Gasteiger partial charge in [-0.3, -0.25) is 0 Å². The Morgan fingerprint density at radius 2 is 1.85 bits per heavy atom. The third-order valence-electron chi connectivity index (χ3n) is 3.19. The molecule has 0 saturated heterocycles. The summed E-state index contributed by atoms with van der Waals surface area (Å²) >= 11 is 1.97. The van der Waals surface area contributed by atoms with Crippen LogP contribution in [0.3, 0.4) is 0 Å². The van der Waals surface area contributed by atoms with Crippen molar-refractivity contribution < 1.29 is 0 Å². The molecule has 1 aliphatic rings. The minimum atomic E-state index is 0.758. The van der Waals surface area contributed by atoms with Crippen LogP contribution in [0.2, 0.25) is 0 Å². The smallest absolute Gasteiger partial charge is 0.0183 e. The van der Waals surface area contributed by atoms with Gasteiger partial charge < -0.3 is 5.32 Å².